The molecular weight excluding hydrogens is 479 g/mol. The number of benzene rings is 2. The van der Waals surface area contributed by atoms with Crippen molar-refractivity contribution in [2.75, 3.05) is 26.2 Å². The number of aromatic nitrogens is 3. The second-order valence-electron chi connectivity index (χ2n) is 9.40. The van der Waals surface area contributed by atoms with Crippen molar-refractivity contribution in [3.8, 4) is 11.3 Å². The van der Waals surface area contributed by atoms with Gasteiger partial charge in [-0.1, -0.05) is 12.1 Å². The van der Waals surface area contributed by atoms with E-state index >= 15 is 0 Å². The number of fused-ring (bicyclic) bond motifs is 1. The van der Waals surface area contributed by atoms with Gasteiger partial charge in [-0.15, -0.1) is 11.3 Å². The van der Waals surface area contributed by atoms with Crippen LogP contribution >= 0.6 is 11.3 Å². The number of likely N-dealkylation sites (tertiary alicyclic amines) is 2. The van der Waals surface area contributed by atoms with E-state index in [1.807, 2.05) is 41.1 Å². The SMILES string of the molecule is Cn1nc(-c2cccc(F)c2)c2cc(C(=O)N3CC(N[C@H]4CCN(C(=O)c5cscn5)C4)C3)ccc21. The second-order valence-corrected chi connectivity index (χ2v) is 10.1. The topological polar surface area (TPSA) is 83.4 Å². The predicted molar refractivity (Wildman–Crippen MR) is 135 cm³/mol. The van der Waals surface area contributed by atoms with Gasteiger partial charge in [0.05, 0.1) is 11.0 Å². The summed E-state index contributed by atoms with van der Waals surface area (Å²) in [6.45, 7) is 2.61. The fourth-order valence-electron chi connectivity index (χ4n) is 5.07. The number of nitrogens with one attached hydrogen (secondary N) is 1. The number of hydrogen-bond acceptors (Lipinski definition) is 6. The maximum Gasteiger partial charge on any atom is 0.273 e. The Morgan fingerprint density at radius 2 is 1.89 bits per heavy atom. The van der Waals surface area contributed by atoms with Crippen LogP contribution in [0.1, 0.15) is 27.3 Å². The minimum atomic E-state index is -0.324. The molecule has 2 amide bonds. The summed E-state index contributed by atoms with van der Waals surface area (Å²) in [7, 11) is 1.84. The largest absolute Gasteiger partial charge is 0.336 e. The van der Waals surface area contributed by atoms with E-state index in [1.54, 1.807) is 21.6 Å². The van der Waals surface area contributed by atoms with Crippen molar-refractivity contribution in [2.45, 2.75) is 18.5 Å². The standard InChI is InChI=1S/C26H25FN6O2S/c1-31-23-6-5-17(10-21(23)24(30-31)16-3-2-4-18(27)9-16)25(34)33-12-20(13-33)29-19-7-8-32(11-19)26(35)22-14-36-15-28-22/h2-6,9-10,14-15,19-20,29H,7-8,11-13H2,1H3/t19-/m0/s1. The molecule has 4 heterocycles. The highest BCUT2D eigenvalue weighted by atomic mass is 32.1. The first-order chi connectivity index (χ1) is 17.5. The van der Waals surface area contributed by atoms with Gasteiger partial charge >= 0.3 is 0 Å². The van der Waals surface area contributed by atoms with Crippen LogP contribution in [-0.2, 0) is 7.05 Å². The van der Waals surface area contributed by atoms with Crippen LogP contribution in [0.15, 0.2) is 53.4 Å². The number of nitrogens with zero attached hydrogens (tertiary/aromatic N) is 5. The van der Waals surface area contributed by atoms with Crippen LogP contribution in [-0.4, -0.2) is 74.6 Å². The van der Waals surface area contributed by atoms with Crippen molar-refractivity contribution >= 4 is 34.1 Å². The molecule has 2 aliphatic rings. The molecule has 36 heavy (non-hydrogen) atoms. The van der Waals surface area contributed by atoms with E-state index in [1.165, 1.54) is 23.5 Å². The lowest BCUT2D eigenvalue weighted by molar-refractivity contribution is 0.0553. The molecule has 0 radical (unpaired) electrons. The number of hydrogen-bond donors (Lipinski definition) is 1. The van der Waals surface area contributed by atoms with Gasteiger partial charge < -0.3 is 15.1 Å². The second kappa shape index (κ2) is 9.11. The van der Waals surface area contributed by atoms with Gasteiger partial charge in [0.25, 0.3) is 11.8 Å². The van der Waals surface area contributed by atoms with E-state index < -0.39 is 0 Å². The zero-order valence-electron chi connectivity index (χ0n) is 19.7. The molecule has 6 rings (SSSR count). The lowest BCUT2D eigenvalue weighted by Crippen LogP contribution is -2.62. The molecule has 1 atom stereocenters. The molecule has 0 saturated carbocycles. The lowest BCUT2D eigenvalue weighted by atomic mass is 10.0. The average molecular weight is 505 g/mol. The van der Waals surface area contributed by atoms with E-state index in [0.717, 1.165) is 17.3 Å². The summed E-state index contributed by atoms with van der Waals surface area (Å²) in [4.78, 5) is 33.5. The van der Waals surface area contributed by atoms with Gasteiger partial charge in [-0.25, -0.2) is 9.37 Å². The fraction of sp³-hybridized carbons (Fsp3) is 0.308. The first kappa shape index (κ1) is 22.8. The van der Waals surface area contributed by atoms with Gasteiger partial charge in [0, 0.05) is 67.2 Å². The van der Waals surface area contributed by atoms with Crippen molar-refractivity contribution in [3.63, 3.8) is 0 Å². The first-order valence-corrected chi connectivity index (χ1v) is 12.9. The summed E-state index contributed by atoms with van der Waals surface area (Å²) in [6, 6.07) is 12.3. The van der Waals surface area contributed by atoms with Crippen LogP contribution in [0.25, 0.3) is 22.2 Å². The van der Waals surface area contributed by atoms with Gasteiger partial charge in [-0.05, 0) is 36.8 Å². The Hall–Kier alpha value is -3.63. The van der Waals surface area contributed by atoms with Crippen molar-refractivity contribution in [2.24, 2.45) is 7.05 Å². The minimum absolute atomic E-state index is 0.0191. The quantitative estimate of drug-likeness (QED) is 0.452. The zero-order valence-corrected chi connectivity index (χ0v) is 20.5. The molecule has 0 aliphatic carbocycles. The van der Waals surface area contributed by atoms with Crippen molar-refractivity contribution in [1.82, 2.24) is 29.9 Å². The number of carbonyl (C=O) groups is 2. The molecule has 10 heteroatoms. The molecule has 184 valence electrons. The number of aryl methyl sites for hydroxylation is 1. The molecule has 2 fully saturated rings. The predicted octanol–water partition coefficient (Wildman–Crippen LogP) is 3.16. The molecular formula is C26H25FN6O2S. The Morgan fingerprint density at radius 3 is 2.67 bits per heavy atom. The Morgan fingerprint density at radius 1 is 1.06 bits per heavy atom. The van der Waals surface area contributed by atoms with Crippen LogP contribution < -0.4 is 5.32 Å². The maximum absolute atomic E-state index is 13.8. The zero-order chi connectivity index (χ0) is 24.8. The number of rotatable bonds is 5. The Bertz CT molecular complexity index is 1450. The van der Waals surface area contributed by atoms with Crippen LogP contribution in [0.2, 0.25) is 0 Å². The van der Waals surface area contributed by atoms with Crippen LogP contribution in [0.3, 0.4) is 0 Å². The van der Waals surface area contributed by atoms with Gasteiger partial charge in [-0.3, -0.25) is 14.3 Å². The summed E-state index contributed by atoms with van der Waals surface area (Å²) in [5.74, 6) is -0.374. The molecule has 2 aliphatic heterocycles. The first-order valence-electron chi connectivity index (χ1n) is 11.9. The Kier molecular flexibility index (Phi) is 5.77. The summed E-state index contributed by atoms with van der Waals surface area (Å²) >= 11 is 1.42. The number of amides is 2. The van der Waals surface area contributed by atoms with Gasteiger partial charge in [-0.2, -0.15) is 5.10 Å². The molecule has 2 aromatic carbocycles. The molecule has 0 unspecified atom stereocenters. The Labute approximate surface area is 211 Å². The van der Waals surface area contributed by atoms with E-state index in [-0.39, 0.29) is 29.7 Å². The van der Waals surface area contributed by atoms with E-state index in [0.29, 0.717) is 48.7 Å². The van der Waals surface area contributed by atoms with Crippen LogP contribution in [0.4, 0.5) is 4.39 Å². The highest BCUT2D eigenvalue weighted by molar-refractivity contribution is 7.07. The van der Waals surface area contributed by atoms with Crippen LogP contribution in [0, 0.1) is 5.82 Å². The summed E-state index contributed by atoms with van der Waals surface area (Å²) in [5, 5.41) is 10.8. The minimum Gasteiger partial charge on any atom is -0.336 e. The van der Waals surface area contributed by atoms with Crippen molar-refractivity contribution in [1.29, 1.82) is 0 Å². The third-order valence-corrected chi connectivity index (χ3v) is 7.55. The Balaban J connectivity index is 1.10. The van der Waals surface area contributed by atoms with E-state index in [2.05, 4.69) is 15.4 Å². The number of thiazole rings is 1. The van der Waals surface area contributed by atoms with Crippen molar-refractivity contribution in [3.05, 3.63) is 70.4 Å². The molecule has 0 spiro atoms. The normalized spacial score (nSPS) is 18.1. The molecule has 2 aromatic heterocycles. The molecule has 1 N–H and O–H groups in total. The monoisotopic (exact) mass is 504 g/mol. The smallest absolute Gasteiger partial charge is 0.273 e. The van der Waals surface area contributed by atoms with Gasteiger partial charge in [0.15, 0.2) is 0 Å². The highest BCUT2D eigenvalue weighted by Crippen LogP contribution is 2.29. The highest BCUT2D eigenvalue weighted by Gasteiger charge is 2.35. The lowest BCUT2D eigenvalue weighted by Gasteiger charge is -2.41. The molecule has 0 bridgehead atoms. The molecule has 8 nitrogen and oxygen atoms in total. The maximum atomic E-state index is 13.8. The fourth-order valence-corrected chi connectivity index (χ4v) is 5.60. The van der Waals surface area contributed by atoms with Gasteiger partial charge in [0.2, 0.25) is 0 Å². The molecule has 2 saturated heterocycles. The van der Waals surface area contributed by atoms with E-state index in [4.69, 9.17) is 0 Å². The number of carbonyl (C=O) groups excluding carboxylic acids is 2. The number of halogens is 1. The summed E-state index contributed by atoms with van der Waals surface area (Å²) < 4.78 is 15.6. The summed E-state index contributed by atoms with van der Waals surface area (Å²) in [5.41, 5.74) is 4.99. The third-order valence-electron chi connectivity index (χ3n) is 6.96. The van der Waals surface area contributed by atoms with Crippen LogP contribution in [0.5, 0.6) is 0 Å². The third kappa shape index (κ3) is 4.16. The van der Waals surface area contributed by atoms with Gasteiger partial charge in [0.1, 0.15) is 17.2 Å². The molecule has 4 aromatic rings. The van der Waals surface area contributed by atoms with E-state index in [9.17, 15) is 14.0 Å². The summed E-state index contributed by atoms with van der Waals surface area (Å²) in [6.07, 6.45) is 0.890. The average Bonchev–Trinajstić information content (AvgIpc) is 3.61. The van der Waals surface area contributed by atoms with Crippen molar-refractivity contribution < 1.29 is 14.0 Å².